The van der Waals surface area contributed by atoms with Gasteiger partial charge in [0.05, 0.1) is 5.69 Å². The minimum atomic E-state index is -0.175. The highest BCUT2D eigenvalue weighted by Gasteiger charge is 2.34. The van der Waals surface area contributed by atoms with Crippen LogP contribution in [0, 0.1) is 12.8 Å². The number of rotatable bonds is 2. The number of nitrogens with zero attached hydrogens (tertiary/aromatic N) is 5. The summed E-state index contributed by atoms with van der Waals surface area (Å²) in [6.07, 6.45) is 3.61. The highest BCUT2D eigenvalue weighted by molar-refractivity contribution is 5.91. The minimum Gasteiger partial charge on any atom is -0.351 e. The van der Waals surface area contributed by atoms with Gasteiger partial charge >= 0.3 is 6.03 Å². The Morgan fingerprint density at radius 1 is 0.862 bits per heavy atom. The van der Waals surface area contributed by atoms with E-state index in [-0.39, 0.29) is 29.5 Å². The number of carbonyl (C=O) groups excluding carboxylic acids is 3. The summed E-state index contributed by atoms with van der Waals surface area (Å²) in [6.45, 7) is 6.84. The number of carbonyl (C=O) groups is 3. The SMILES string of the molecule is Cc1cc(C(=O)N2CCN(C(=O)C3CCN(C(=O)N4CCCC4)CC3)CC2)on1. The van der Waals surface area contributed by atoms with E-state index in [0.29, 0.717) is 45.0 Å². The molecule has 3 aliphatic heterocycles. The van der Waals surface area contributed by atoms with Crippen molar-refractivity contribution < 1.29 is 18.9 Å². The summed E-state index contributed by atoms with van der Waals surface area (Å²) in [5.74, 6) is 0.196. The number of aromatic nitrogens is 1. The van der Waals surface area contributed by atoms with Crippen LogP contribution in [0.5, 0.6) is 0 Å². The Balaban J connectivity index is 1.24. The van der Waals surface area contributed by atoms with Gasteiger partial charge in [0.15, 0.2) is 0 Å². The first-order valence-electron chi connectivity index (χ1n) is 10.6. The van der Waals surface area contributed by atoms with E-state index in [0.717, 1.165) is 38.8 Å². The van der Waals surface area contributed by atoms with Crippen molar-refractivity contribution in [1.82, 2.24) is 24.8 Å². The maximum atomic E-state index is 12.9. The molecule has 0 spiro atoms. The molecular formula is C20H29N5O4. The summed E-state index contributed by atoms with van der Waals surface area (Å²) >= 11 is 0. The second kappa shape index (κ2) is 8.42. The number of aryl methyl sites for hydroxylation is 1. The largest absolute Gasteiger partial charge is 0.351 e. The van der Waals surface area contributed by atoms with E-state index < -0.39 is 0 Å². The van der Waals surface area contributed by atoms with E-state index in [1.165, 1.54) is 0 Å². The molecule has 4 rings (SSSR count). The van der Waals surface area contributed by atoms with Crippen molar-refractivity contribution in [3.63, 3.8) is 0 Å². The lowest BCUT2D eigenvalue weighted by molar-refractivity contribution is -0.138. The van der Waals surface area contributed by atoms with E-state index in [1.807, 2.05) is 14.7 Å². The van der Waals surface area contributed by atoms with E-state index >= 15 is 0 Å². The third-order valence-corrected chi connectivity index (χ3v) is 6.21. The van der Waals surface area contributed by atoms with Crippen LogP contribution >= 0.6 is 0 Å². The van der Waals surface area contributed by atoms with Crippen molar-refractivity contribution >= 4 is 17.8 Å². The van der Waals surface area contributed by atoms with Gasteiger partial charge in [-0.05, 0) is 32.6 Å². The quantitative estimate of drug-likeness (QED) is 0.740. The van der Waals surface area contributed by atoms with Crippen molar-refractivity contribution in [2.75, 3.05) is 52.4 Å². The Kier molecular flexibility index (Phi) is 5.73. The number of piperidine rings is 1. The molecule has 0 atom stereocenters. The lowest BCUT2D eigenvalue weighted by atomic mass is 9.95. The lowest BCUT2D eigenvalue weighted by Gasteiger charge is -2.39. The van der Waals surface area contributed by atoms with Gasteiger partial charge in [-0.3, -0.25) is 9.59 Å². The molecule has 1 aromatic heterocycles. The van der Waals surface area contributed by atoms with Gasteiger partial charge in [0.1, 0.15) is 0 Å². The molecule has 1 aromatic rings. The van der Waals surface area contributed by atoms with Crippen LogP contribution in [0.4, 0.5) is 4.79 Å². The fraction of sp³-hybridized carbons (Fsp3) is 0.700. The predicted molar refractivity (Wildman–Crippen MR) is 104 cm³/mol. The van der Waals surface area contributed by atoms with E-state index in [2.05, 4.69) is 5.16 Å². The Bertz CT molecular complexity index is 757. The molecule has 0 radical (unpaired) electrons. The van der Waals surface area contributed by atoms with Gasteiger partial charge in [-0.2, -0.15) is 0 Å². The molecule has 158 valence electrons. The molecule has 4 amide bonds. The number of piperazine rings is 1. The van der Waals surface area contributed by atoms with Crippen molar-refractivity contribution in [2.45, 2.75) is 32.6 Å². The molecule has 3 saturated heterocycles. The fourth-order valence-electron chi connectivity index (χ4n) is 4.43. The molecule has 3 fully saturated rings. The van der Waals surface area contributed by atoms with Crippen LogP contribution in [0.2, 0.25) is 0 Å². The van der Waals surface area contributed by atoms with Crippen molar-refractivity contribution in [3.05, 3.63) is 17.5 Å². The normalized spacial score (nSPS) is 21.0. The van der Waals surface area contributed by atoms with Gasteiger partial charge in [0, 0.05) is 64.3 Å². The van der Waals surface area contributed by atoms with Gasteiger partial charge in [0.2, 0.25) is 11.7 Å². The standard InChI is InChI=1S/C20H29N5O4/c1-15-14-17(29-21-15)19(27)23-12-10-22(11-13-23)18(26)16-4-8-25(9-5-16)20(28)24-6-2-3-7-24/h14,16H,2-13H2,1H3. The molecule has 29 heavy (non-hydrogen) atoms. The first-order chi connectivity index (χ1) is 14.0. The first kappa shape index (κ1) is 19.7. The molecule has 0 unspecified atom stereocenters. The second-order valence-corrected chi connectivity index (χ2v) is 8.19. The minimum absolute atomic E-state index is 0.0307. The van der Waals surface area contributed by atoms with Crippen LogP contribution in [0.3, 0.4) is 0 Å². The van der Waals surface area contributed by atoms with Crippen LogP contribution in [-0.2, 0) is 4.79 Å². The number of hydrogen-bond donors (Lipinski definition) is 0. The maximum absolute atomic E-state index is 12.9. The number of likely N-dealkylation sites (tertiary alicyclic amines) is 2. The Morgan fingerprint density at radius 3 is 2.03 bits per heavy atom. The molecule has 0 aromatic carbocycles. The van der Waals surface area contributed by atoms with Crippen molar-refractivity contribution in [1.29, 1.82) is 0 Å². The Labute approximate surface area is 170 Å². The zero-order valence-electron chi connectivity index (χ0n) is 17.0. The highest BCUT2D eigenvalue weighted by Crippen LogP contribution is 2.23. The summed E-state index contributed by atoms with van der Waals surface area (Å²) < 4.78 is 5.06. The summed E-state index contributed by atoms with van der Waals surface area (Å²) in [5, 5.41) is 3.76. The van der Waals surface area contributed by atoms with Crippen LogP contribution < -0.4 is 0 Å². The van der Waals surface area contributed by atoms with Gasteiger partial charge < -0.3 is 24.1 Å². The molecule has 0 aliphatic carbocycles. The second-order valence-electron chi connectivity index (χ2n) is 8.19. The molecule has 0 N–H and O–H groups in total. The summed E-state index contributed by atoms with van der Waals surface area (Å²) in [6, 6.07) is 1.76. The zero-order valence-corrected chi connectivity index (χ0v) is 17.0. The van der Waals surface area contributed by atoms with Crippen molar-refractivity contribution in [3.8, 4) is 0 Å². The summed E-state index contributed by atoms with van der Waals surface area (Å²) in [7, 11) is 0. The highest BCUT2D eigenvalue weighted by atomic mass is 16.5. The molecule has 9 nitrogen and oxygen atoms in total. The summed E-state index contributed by atoms with van der Waals surface area (Å²) in [4.78, 5) is 45.3. The topological polar surface area (TPSA) is 90.2 Å². The monoisotopic (exact) mass is 403 g/mol. The van der Waals surface area contributed by atoms with Crippen LogP contribution in [0.1, 0.15) is 41.9 Å². The molecule has 9 heteroatoms. The van der Waals surface area contributed by atoms with E-state index in [4.69, 9.17) is 4.52 Å². The van der Waals surface area contributed by atoms with Crippen LogP contribution in [0.25, 0.3) is 0 Å². The first-order valence-corrected chi connectivity index (χ1v) is 10.6. The molecular weight excluding hydrogens is 374 g/mol. The average Bonchev–Trinajstić information content (AvgIpc) is 3.44. The third kappa shape index (κ3) is 4.23. The molecule has 0 saturated carbocycles. The molecule has 3 aliphatic rings. The van der Waals surface area contributed by atoms with Gasteiger partial charge in [-0.1, -0.05) is 5.16 Å². The van der Waals surface area contributed by atoms with Gasteiger partial charge in [-0.25, -0.2) is 4.79 Å². The Hall–Kier alpha value is -2.58. The van der Waals surface area contributed by atoms with Crippen LogP contribution in [-0.4, -0.2) is 95.0 Å². The zero-order chi connectivity index (χ0) is 20.4. The van der Waals surface area contributed by atoms with Crippen molar-refractivity contribution in [2.24, 2.45) is 5.92 Å². The number of amides is 4. The van der Waals surface area contributed by atoms with E-state index in [9.17, 15) is 14.4 Å². The number of urea groups is 1. The fourth-order valence-corrected chi connectivity index (χ4v) is 4.43. The predicted octanol–water partition coefficient (Wildman–Crippen LogP) is 1.20. The summed E-state index contributed by atoms with van der Waals surface area (Å²) in [5.41, 5.74) is 0.678. The maximum Gasteiger partial charge on any atom is 0.319 e. The third-order valence-electron chi connectivity index (χ3n) is 6.21. The average molecular weight is 403 g/mol. The Morgan fingerprint density at radius 2 is 1.45 bits per heavy atom. The van der Waals surface area contributed by atoms with Gasteiger partial charge in [-0.15, -0.1) is 0 Å². The molecule has 0 bridgehead atoms. The van der Waals surface area contributed by atoms with Crippen LogP contribution in [0.15, 0.2) is 10.6 Å². The lowest BCUT2D eigenvalue weighted by Crippen LogP contribution is -2.53. The smallest absolute Gasteiger partial charge is 0.319 e. The van der Waals surface area contributed by atoms with Gasteiger partial charge in [0.25, 0.3) is 5.91 Å². The number of hydrogen-bond acceptors (Lipinski definition) is 5. The van der Waals surface area contributed by atoms with E-state index in [1.54, 1.807) is 17.9 Å². The molecule has 4 heterocycles.